The number of hydrogen-bond donors (Lipinski definition) is 1. The molecular formula is C19H19NO3. The van der Waals surface area contributed by atoms with Crippen LogP contribution in [0.15, 0.2) is 52.9 Å². The minimum absolute atomic E-state index is 0.203. The summed E-state index contributed by atoms with van der Waals surface area (Å²) in [6.07, 6.45) is 0. The monoisotopic (exact) mass is 309 g/mol. The number of methoxy groups -OCH3 is 1. The van der Waals surface area contributed by atoms with E-state index in [1.54, 1.807) is 7.11 Å². The molecule has 0 radical (unpaired) electrons. The second kappa shape index (κ2) is 6.67. The maximum atomic E-state index is 12.4. The molecule has 0 fully saturated rings. The van der Waals surface area contributed by atoms with Gasteiger partial charge in [-0.3, -0.25) is 4.79 Å². The van der Waals surface area contributed by atoms with Crippen molar-refractivity contribution in [2.45, 2.75) is 20.1 Å². The minimum Gasteiger partial charge on any atom is -0.451 e. The summed E-state index contributed by atoms with van der Waals surface area (Å²) in [5, 5.41) is 3.90. The average molecular weight is 309 g/mol. The summed E-state index contributed by atoms with van der Waals surface area (Å²) >= 11 is 0. The first-order valence-corrected chi connectivity index (χ1v) is 7.52. The molecule has 0 atom stereocenters. The third kappa shape index (κ3) is 3.12. The molecule has 1 aromatic heterocycles. The molecule has 0 aliphatic rings. The highest BCUT2D eigenvalue weighted by molar-refractivity contribution is 5.98. The van der Waals surface area contributed by atoms with Crippen LogP contribution in [0, 0.1) is 6.92 Å². The second-order valence-electron chi connectivity index (χ2n) is 5.44. The SMILES string of the molecule is COCc1ccccc1CNC(=O)c1oc2ccccc2c1C. The van der Waals surface area contributed by atoms with E-state index in [2.05, 4.69) is 5.32 Å². The molecule has 0 saturated carbocycles. The Balaban J connectivity index is 1.78. The van der Waals surface area contributed by atoms with Gasteiger partial charge in [0, 0.05) is 24.6 Å². The van der Waals surface area contributed by atoms with Crippen LogP contribution in [-0.4, -0.2) is 13.0 Å². The van der Waals surface area contributed by atoms with Gasteiger partial charge in [-0.2, -0.15) is 0 Å². The molecule has 1 heterocycles. The van der Waals surface area contributed by atoms with E-state index in [0.29, 0.717) is 18.9 Å². The van der Waals surface area contributed by atoms with E-state index in [-0.39, 0.29) is 5.91 Å². The predicted molar refractivity (Wildman–Crippen MR) is 89.3 cm³/mol. The van der Waals surface area contributed by atoms with E-state index < -0.39 is 0 Å². The van der Waals surface area contributed by atoms with Crippen LogP contribution in [0.3, 0.4) is 0 Å². The number of aryl methyl sites for hydroxylation is 1. The summed E-state index contributed by atoms with van der Waals surface area (Å²) in [7, 11) is 1.66. The fourth-order valence-electron chi connectivity index (χ4n) is 2.67. The molecule has 0 aliphatic heterocycles. The molecule has 0 unspecified atom stereocenters. The number of furan rings is 1. The first kappa shape index (κ1) is 15.3. The third-order valence-electron chi connectivity index (χ3n) is 3.91. The molecule has 118 valence electrons. The summed E-state index contributed by atoms with van der Waals surface area (Å²) in [5.41, 5.74) is 3.70. The number of ether oxygens (including phenoxy) is 1. The number of amides is 1. The van der Waals surface area contributed by atoms with Crippen molar-refractivity contribution in [2.24, 2.45) is 0 Å². The number of nitrogens with one attached hydrogen (secondary N) is 1. The van der Waals surface area contributed by atoms with Crippen molar-refractivity contribution in [2.75, 3.05) is 7.11 Å². The second-order valence-corrected chi connectivity index (χ2v) is 5.44. The van der Waals surface area contributed by atoms with Crippen molar-refractivity contribution in [3.05, 3.63) is 71.0 Å². The molecule has 0 spiro atoms. The Morgan fingerprint density at radius 2 is 1.78 bits per heavy atom. The van der Waals surface area contributed by atoms with Gasteiger partial charge in [-0.25, -0.2) is 0 Å². The van der Waals surface area contributed by atoms with Crippen LogP contribution in [0.5, 0.6) is 0 Å². The summed E-state index contributed by atoms with van der Waals surface area (Å²) in [6, 6.07) is 15.6. The third-order valence-corrected chi connectivity index (χ3v) is 3.91. The number of para-hydroxylation sites is 1. The summed E-state index contributed by atoms with van der Waals surface area (Å²) < 4.78 is 10.9. The Bertz CT molecular complexity index is 836. The van der Waals surface area contributed by atoms with Crippen LogP contribution in [-0.2, 0) is 17.9 Å². The van der Waals surface area contributed by atoms with Gasteiger partial charge in [-0.1, -0.05) is 42.5 Å². The number of benzene rings is 2. The van der Waals surface area contributed by atoms with Crippen molar-refractivity contribution in [3.8, 4) is 0 Å². The number of hydrogen-bond acceptors (Lipinski definition) is 3. The molecule has 4 heteroatoms. The molecule has 1 amide bonds. The van der Waals surface area contributed by atoms with Crippen molar-refractivity contribution in [1.82, 2.24) is 5.32 Å². The van der Waals surface area contributed by atoms with Gasteiger partial charge in [0.1, 0.15) is 5.58 Å². The number of carbonyl (C=O) groups is 1. The van der Waals surface area contributed by atoms with Crippen LogP contribution >= 0.6 is 0 Å². The standard InChI is InChI=1S/C19H19NO3/c1-13-16-9-5-6-10-17(16)23-18(13)19(21)20-11-14-7-3-4-8-15(14)12-22-2/h3-10H,11-12H2,1-2H3,(H,20,21). The van der Waals surface area contributed by atoms with Crippen LogP contribution in [0.4, 0.5) is 0 Å². The summed E-state index contributed by atoms with van der Waals surface area (Å²) in [5.74, 6) is 0.168. The Morgan fingerprint density at radius 1 is 1.09 bits per heavy atom. The van der Waals surface area contributed by atoms with Crippen molar-refractivity contribution >= 4 is 16.9 Å². The smallest absolute Gasteiger partial charge is 0.287 e. The van der Waals surface area contributed by atoms with Crippen LogP contribution in [0.2, 0.25) is 0 Å². The Kier molecular flexibility index (Phi) is 4.44. The highest BCUT2D eigenvalue weighted by Gasteiger charge is 2.17. The molecule has 1 N–H and O–H groups in total. The lowest BCUT2D eigenvalue weighted by Crippen LogP contribution is -2.23. The predicted octanol–water partition coefficient (Wildman–Crippen LogP) is 3.82. The van der Waals surface area contributed by atoms with E-state index in [4.69, 9.17) is 9.15 Å². The Hall–Kier alpha value is -2.59. The lowest BCUT2D eigenvalue weighted by molar-refractivity contribution is 0.0924. The van der Waals surface area contributed by atoms with Crippen LogP contribution < -0.4 is 5.32 Å². The van der Waals surface area contributed by atoms with E-state index in [1.165, 1.54) is 0 Å². The van der Waals surface area contributed by atoms with Gasteiger partial charge in [0.05, 0.1) is 6.61 Å². The van der Waals surface area contributed by atoms with Gasteiger partial charge in [0.2, 0.25) is 0 Å². The number of fused-ring (bicyclic) bond motifs is 1. The molecule has 0 bridgehead atoms. The zero-order valence-corrected chi connectivity index (χ0v) is 13.3. The van der Waals surface area contributed by atoms with Gasteiger partial charge >= 0.3 is 0 Å². The van der Waals surface area contributed by atoms with Crippen LogP contribution in [0.25, 0.3) is 11.0 Å². The molecule has 3 aromatic rings. The average Bonchev–Trinajstić information content (AvgIpc) is 2.91. The molecule has 2 aromatic carbocycles. The lowest BCUT2D eigenvalue weighted by atomic mass is 10.1. The summed E-state index contributed by atoms with van der Waals surface area (Å²) in [4.78, 5) is 12.4. The van der Waals surface area contributed by atoms with Gasteiger partial charge in [0.15, 0.2) is 5.76 Å². The molecule has 0 saturated heterocycles. The van der Waals surface area contributed by atoms with E-state index in [9.17, 15) is 4.79 Å². The minimum atomic E-state index is -0.203. The van der Waals surface area contributed by atoms with E-state index in [1.807, 2.05) is 55.5 Å². The maximum absolute atomic E-state index is 12.4. The van der Waals surface area contributed by atoms with E-state index in [0.717, 1.165) is 27.7 Å². The molecule has 23 heavy (non-hydrogen) atoms. The maximum Gasteiger partial charge on any atom is 0.287 e. The van der Waals surface area contributed by atoms with Crippen LogP contribution in [0.1, 0.15) is 27.2 Å². The summed E-state index contributed by atoms with van der Waals surface area (Å²) in [6.45, 7) is 2.87. The fourth-order valence-corrected chi connectivity index (χ4v) is 2.67. The Labute approximate surface area is 135 Å². The highest BCUT2D eigenvalue weighted by atomic mass is 16.5. The zero-order valence-electron chi connectivity index (χ0n) is 13.3. The number of carbonyl (C=O) groups excluding carboxylic acids is 1. The Morgan fingerprint density at radius 3 is 2.52 bits per heavy atom. The molecule has 0 aliphatic carbocycles. The molecular weight excluding hydrogens is 290 g/mol. The van der Waals surface area contributed by atoms with Crippen molar-refractivity contribution in [1.29, 1.82) is 0 Å². The first-order valence-electron chi connectivity index (χ1n) is 7.52. The van der Waals surface area contributed by atoms with E-state index >= 15 is 0 Å². The van der Waals surface area contributed by atoms with Gasteiger partial charge < -0.3 is 14.5 Å². The topological polar surface area (TPSA) is 51.5 Å². The fraction of sp³-hybridized carbons (Fsp3) is 0.211. The highest BCUT2D eigenvalue weighted by Crippen LogP contribution is 2.24. The largest absolute Gasteiger partial charge is 0.451 e. The molecule has 4 nitrogen and oxygen atoms in total. The van der Waals surface area contributed by atoms with Crippen molar-refractivity contribution in [3.63, 3.8) is 0 Å². The normalized spacial score (nSPS) is 10.9. The molecule has 3 rings (SSSR count). The van der Waals surface area contributed by atoms with Gasteiger partial charge in [-0.05, 0) is 24.1 Å². The quantitative estimate of drug-likeness (QED) is 0.779. The van der Waals surface area contributed by atoms with Gasteiger partial charge in [-0.15, -0.1) is 0 Å². The van der Waals surface area contributed by atoms with Gasteiger partial charge in [0.25, 0.3) is 5.91 Å². The zero-order chi connectivity index (χ0) is 16.2. The number of rotatable bonds is 5. The van der Waals surface area contributed by atoms with Crippen molar-refractivity contribution < 1.29 is 13.9 Å². The first-order chi connectivity index (χ1) is 11.2. The lowest BCUT2D eigenvalue weighted by Gasteiger charge is -2.09.